The van der Waals surface area contributed by atoms with Gasteiger partial charge in [0.1, 0.15) is 34.6 Å². The molecule has 6 heterocycles. The predicted octanol–water partition coefficient (Wildman–Crippen LogP) is 10.6. The van der Waals surface area contributed by atoms with Crippen molar-refractivity contribution in [1.82, 2.24) is 19.1 Å². The Bertz CT molecular complexity index is 3930. The second-order valence-electron chi connectivity index (χ2n) is 18.8. The molecule has 0 amide bonds. The molecule has 8 heteroatoms. The molecule has 12 aromatic rings. The molecule has 0 bridgehead atoms. The molecule has 6 nitrogen and oxygen atoms in total. The van der Waals surface area contributed by atoms with E-state index in [1.165, 1.54) is 10.9 Å². The topological polar surface area (TPSA) is 54.1 Å². The van der Waals surface area contributed by atoms with Gasteiger partial charge in [0.15, 0.2) is 0 Å². The van der Waals surface area contributed by atoms with Crippen molar-refractivity contribution in [2.24, 2.45) is 0 Å². The fraction of sp³-hybridized carbons (Fsp3) is 0. The molecular weight excluding hydrogens is 854 g/mol. The third-order valence-corrected chi connectivity index (χ3v) is 15.0. The average Bonchev–Trinajstić information content (AvgIpc) is 4.02. The third-order valence-electron chi connectivity index (χ3n) is 15.0. The van der Waals surface area contributed by atoms with E-state index >= 15 is 0 Å². The molecule has 0 atom stereocenters. The smallest absolute Gasteiger partial charge is 0.256 e. The van der Waals surface area contributed by atoms with E-state index in [2.05, 4.69) is 228 Å². The lowest BCUT2D eigenvalue weighted by Crippen LogP contribution is -2.62. The van der Waals surface area contributed by atoms with Gasteiger partial charge in [0.05, 0.1) is 27.6 Å². The van der Waals surface area contributed by atoms with Crippen molar-refractivity contribution in [2.75, 3.05) is 0 Å². The summed E-state index contributed by atoms with van der Waals surface area (Å²) >= 11 is 0. The first-order valence-electron chi connectivity index (χ1n) is 24.0. The molecule has 2 aromatic heterocycles. The van der Waals surface area contributed by atoms with Crippen LogP contribution >= 0.6 is 0 Å². The van der Waals surface area contributed by atoms with E-state index in [9.17, 15) is 0 Å². The first-order valence-corrected chi connectivity index (χ1v) is 24.0. The molecule has 70 heavy (non-hydrogen) atoms. The predicted molar refractivity (Wildman–Crippen MR) is 285 cm³/mol. The molecule has 0 unspecified atom stereocenters. The van der Waals surface area contributed by atoms with Crippen LogP contribution in [0.2, 0.25) is 0 Å². The number of nitrogens with zero attached hydrogens (tertiary/aromatic N) is 4. The molecule has 0 radical (unpaired) electrons. The third kappa shape index (κ3) is 5.19. The summed E-state index contributed by atoms with van der Waals surface area (Å²) in [5.41, 5.74) is 21.6. The summed E-state index contributed by atoms with van der Waals surface area (Å²) in [7, 11) is 0. The van der Waals surface area contributed by atoms with Crippen LogP contribution in [-0.2, 0) is 0 Å². The molecule has 0 spiro atoms. The Morgan fingerprint density at radius 2 is 0.714 bits per heavy atom. The Hall–Kier alpha value is -9.13. The Labute approximate surface area is 403 Å². The van der Waals surface area contributed by atoms with Crippen LogP contribution in [-0.4, -0.2) is 32.5 Å². The van der Waals surface area contributed by atoms with Crippen LogP contribution in [0.1, 0.15) is 0 Å². The number of ether oxygens (including phenoxy) is 2. The molecule has 4 aliphatic heterocycles. The monoisotopic (exact) mass is 890 g/mol. The van der Waals surface area contributed by atoms with Gasteiger partial charge in [-0.1, -0.05) is 182 Å². The number of hydrogen-bond acceptors (Lipinski definition) is 4. The van der Waals surface area contributed by atoms with Gasteiger partial charge in [0.25, 0.3) is 13.4 Å². The summed E-state index contributed by atoms with van der Waals surface area (Å²) in [4.78, 5) is 10.8. The van der Waals surface area contributed by atoms with Crippen molar-refractivity contribution in [3.05, 3.63) is 218 Å². The van der Waals surface area contributed by atoms with Crippen molar-refractivity contribution in [3.63, 3.8) is 0 Å². The Kier molecular flexibility index (Phi) is 7.69. The maximum atomic E-state index is 7.60. The van der Waals surface area contributed by atoms with Gasteiger partial charge in [0.2, 0.25) is 0 Å². The molecule has 4 aliphatic rings. The zero-order valence-corrected chi connectivity index (χ0v) is 37.5. The maximum absolute atomic E-state index is 7.60. The minimum absolute atomic E-state index is 0.182. The number of para-hydroxylation sites is 2. The van der Waals surface area contributed by atoms with E-state index in [-0.39, 0.29) is 13.4 Å². The summed E-state index contributed by atoms with van der Waals surface area (Å²) in [5.74, 6) is 5.07. The quantitative estimate of drug-likeness (QED) is 0.162. The number of hydrogen-bond donors (Lipinski definition) is 0. The van der Waals surface area contributed by atoms with Crippen LogP contribution in [0.25, 0.3) is 89.6 Å². The Morgan fingerprint density at radius 3 is 1.13 bits per heavy atom. The molecule has 10 aromatic carbocycles. The molecule has 322 valence electrons. The van der Waals surface area contributed by atoms with Gasteiger partial charge in [-0.3, -0.25) is 9.13 Å². The summed E-state index contributed by atoms with van der Waals surface area (Å²) in [6, 6.07) is 77.9. The first kappa shape index (κ1) is 37.9. The molecule has 16 rings (SSSR count). The molecule has 0 fully saturated rings. The van der Waals surface area contributed by atoms with Gasteiger partial charge >= 0.3 is 0 Å². The fourth-order valence-electron chi connectivity index (χ4n) is 12.1. The highest BCUT2D eigenvalue weighted by molar-refractivity contribution is 7.02. The second kappa shape index (κ2) is 14.2. The summed E-state index contributed by atoms with van der Waals surface area (Å²) in [6.07, 6.45) is 0. The van der Waals surface area contributed by atoms with E-state index in [0.717, 1.165) is 134 Å². The van der Waals surface area contributed by atoms with Crippen molar-refractivity contribution < 1.29 is 9.47 Å². The molecule has 0 aliphatic carbocycles. The van der Waals surface area contributed by atoms with Crippen LogP contribution in [0.3, 0.4) is 0 Å². The Balaban J connectivity index is 1.03. The zero-order valence-electron chi connectivity index (χ0n) is 37.5. The highest BCUT2D eigenvalue weighted by atomic mass is 16.5. The highest BCUT2D eigenvalue weighted by Gasteiger charge is 2.47. The Morgan fingerprint density at radius 1 is 0.329 bits per heavy atom. The van der Waals surface area contributed by atoms with Gasteiger partial charge in [-0.15, -0.1) is 0 Å². The highest BCUT2D eigenvalue weighted by Crippen LogP contribution is 2.48. The number of benzene rings is 10. The molecule has 0 saturated heterocycles. The zero-order chi connectivity index (χ0) is 45.6. The maximum Gasteiger partial charge on any atom is 0.256 e. The number of rotatable bonds is 5. The average molecular weight is 891 g/mol. The fourth-order valence-corrected chi connectivity index (χ4v) is 12.1. The standard InChI is InChI=1S/C62H36B2N4O2/c1-6-18-37(19-7-1)42-32-50-55-52(34-42)69-59-46(63(55)44-28-16-30-48-57(44)67(50)61(65-48)40-24-12-4-13-25-40)36-47-60(54(59)39-22-10-3-11-23-39)70-53-35-43(38-20-8-2-9-21-38)33-51-56(53)64(47)45-29-17-31-49-58(45)68(51)62(66-49)41-26-14-5-15-27-41/h1-36H. The van der Waals surface area contributed by atoms with Gasteiger partial charge < -0.3 is 9.47 Å². The second-order valence-corrected chi connectivity index (χ2v) is 18.8. The lowest BCUT2D eigenvalue weighted by Gasteiger charge is -2.38. The van der Waals surface area contributed by atoms with Crippen molar-refractivity contribution in [3.8, 4) is 90.5 Å². The molecule has 0 N–H and O–H groups in total. The lowest BCUT2D eigenvalue weighted by atomic mass is 9.31. The van der Waals surface area contributed by atoms with E-state index in [1.807, 2.05) is 0 Å². The minimum Gasteiger partial charge on any atom is -0.458 e. The molecule has 0 saturated carbocycles. The normalized spacial score (nSPS) is 13.0. The van der Waals surface area contributed by atoms with Crippen molar-refractivity contribution in [1.29, 1.82) is 0 Å². The summed E-state index contributed by atoms with van der Waals surface area (Å²) in [6.45, 7) is -0.363. The van der Waals surface area contributed by atoms with Crippen molar-refractivity contribution in [2.45, 2.75) is 0 Å². The van der Waals surface area contributed by atoms with Crippen molar-refractivity contribution >= 4 is 68.3 Å². The van der Waals surface area contributed by atoms with Gasteiger partial charge in [0, 0.05) is 22.5 Å². The van der Waals surface area contributed by atoms with Crippen LogP contribution in [0.4, 0.5) is 0 Å². The number of aromatic nitrogens is 4. The minimum atomic E-state index is -0.182. The van der Waals surface area contributed by atoms with Gasteiger partial charge in [-0.2, -0.15) is 0 Å². The van der Waals surface area contributed by atoms with E-state index in [1.54, 1.807) is 0 Å². The summed E-state index contributed by atoms with van der Waals surface area (Å²) in [5, 5.41) is 0. The molecular formula is C62H36B2N4O2. The summed E-state index contributed by atoms with van der Waals surface area (Å²) < 4.78 is 20.0. The van der Waals surface area contributed by atoms with E-state index in [4.69, 9.17) is 19.4 Å². The van der Waals surface area contributed by atoms with E-state index in [0.29, 0.717) is 0 Å². The van der Waals surface area contributed by atoms with Crippen LogP contribution < -0.4 is 42.3 Å². The largest absolute Gasteiger partial charge is 0.458 e. The van der Waals surface area contributed by atoms with Gasteiger partial charge in [-0.25, -0.2) is 9.97 Å². The van der Waals surface area contributed by atoms with Crippen LogP contribution in [0.5, 0.6) is 23.0 Å². The van der Waals surface area contributed by atoms with E-state index < -0.39 is 0 Å². The SMILES string of the molecule is c1ccc(-c2cc3c4c(c2)-n2c(-c5ccccc5)nc5cccc(c52)B4c2cc4c(c(-c5ccccc5)c2O3)Oc2cc(-c3ccccc3)cc3c2B4c2cccc4nc(-c5ccccc5)n-3c24)cc1. The van der Waals surface area contributed by atoms with Crippen LogP contribution in [0, 0.1) is 0 Å². The van der Waals surface area contributed by atoms with Crippen LogP contribution in [0.15, 0.2) is 218 Å². The first-order chi connectivity index (χ1) is 34.7. The lowest BCUT2D eigenvalue weighted by molar-refractivity contribution is 0.469. The number of imidazole rings is 2. The van der Waals surface area contributed by atoms with Gasteiger partial charge in [-0.05, 0) is 97.0 Å². The number of fused-ring (bicyclic) bond motifs is 8.